The van der Waals surface area contributed by atoms with Crippen molar-refractivity contribution in [3.63, 3.8) is 0 Å². The van der Waals surface area contributed by atoms with Crippen molar-refractivity contribution < 1.29 is 0 Å². The lowest BCUT2D eigenvalue weighted by Gasteiger charge is -2.35. The van der Waals surface area contributed by atoms with Gasteiger partial charge in [-0.1, -0.05) is 147 Å². The van der Waals surface area contributed by atoms with Gasteiger partial charge in [0, 0.05) is 0 Å². The standard InChI is InChI=1S/C37H60/c1-32(2,3)24-36(13,14)30-20-26(18-28(22-30)34(7,8)9)17-27-19-29(35(10,11)12)23-31(21-27)37(15,16)25-33(4,5)6/h18-23H,17,24-25H2,1-16H3. The summed E-state index contributed by atoms with van der Waals surface area (Å²) in [6.07, 6.45) is 3.31. The van der Waals surface area contributed by atoms with E-state index >= 15 is 0 Å². The van der Waals surface area contributed by atoms with E-state index in [1.807, 2.05) is 0 Å². The van der Waals surface area contributed by atoms with Gasteiger partial charge in [-0.3, -0.25) is 0 Å². The van der Waals surface area contributed by atoms with Gasteiger partial charge < -0.3 is 0 Å². The van der Waals surface area contributed by atoms with Gasteiger partial charge in [-0.15, -0.1) is 0 Å². The molecule has 0 spiro atoms. The Kier molecular flexibility index (Phi) is 8.73. The van der Waals surface area contributed by atoms with Gasteiger partial charge in [-0.2, -0.15) is 0 Å². The van der Waals surface area contributed by atoms with Crippen molar-refractivity contribution in [2.45, 2.75) is 152 Å². The summed E-state index contributed by atoms with van der Waals surface area (Å²) in [4.78, 5) is 0. The van der Waals surface area contributed by atoms with E-state index in [1.54, 1.807) is 0 Å². The molecule has 0 amide bonds. The Labute approximate surface area is 232 Å². The van der Waals surface area contributed by atoms with Gasteiger partial charge >= 0.3 is 0 Å². The number of hydrogen-bond donors (Lipinski definition) is 0. The Morgan fingerprint density at radius 3 is 0.892 bits per heavy atom. The molecule has 0 aliphatic heterocycles. The van der Waals surface area contributed by atoms with E-state index in [0.717, 1.165) is 19.3 Å². The minimum Gasteiger partial charge on any atom is -0.0601 e. The predicted molar refractivity (Wildman–Crippen MR) is 167 cm³/mol. The van der Waals surface area contributed by atoms with Gasteiger partial charge in [0.25, 0.3) is 0 Å². The van der Waals surface area contributed by atoms with Crippen LogP contribution in [0.3, 0.4) is 0 Å². The second-order valence-corrected chi connectivity index (χ2v) is 17.8. The quantitative estimate of drug-likeness (QED) is 0.367. The zero-order chi connectivity index (χ0) is 28.8. The van der Waals surface area contributed by atoms with Crippen molar-refractivity contribution in [2.75, 3.05) is 0 Å². The van der Waals surface area contributed by atoms with Crippen LogP contribution in [0.1, 0.15) is 157 Å². The molecule has 0 bridgehead atoms. The van der Waals surface area contributed by atoms with Crippen LogP contribution in [0, 0.1) is 10.8 Å². The summed E-state index contributed by atoms with van der Waals surface area (Å²) in [6, 6.07) is 14.9. The van der Waals surface area contributed by atoms with Crippen LogP contribution < -0.4 is 0 Å². The maximum absolute atomic E-state index is 2.50. The van der Waals surface area contributed by atoms with Gasteiger partial charge in [0.1, 0.15) is 0 Å². The second-order valence-electron chi connectivity index (χ2n) is 17.8. The van der Waals surface area contributed by atoms with Gasteiger partial charge in [0.2, 0.25) is 0 Å². The normalized spacial score (nSPS) is 14.3. The lowest BCUT2D eigenvalue weighted by molar-refractivity contribution is 0.283. The number of hydrogen-bond acceptors (Lipinski definition) is 0. The van der Waals surface area contributed by atoms with Crippen molar-refractivity contribution in [1.29, 1.82) is 0 Å². The topological polar surface area (TPSA) is 0 Å². The van der Waals surface area contributed by atoms with E-state index in [2.05, 4.69) is 147 Å². The lowest BCUT2D eigenvalue weighted by Crippen LogP contribution is -2.26. The molecular formula is C37H60. The molecule has 0 heterocycles. The van der Waals surface area contributed by atoms with Crippen molar-refractivity contribution >= 4 is 0 Å². The first-order chi connectivity index (χ1) is 16.3. The van der Waals surface area contributed by atoms with Crippen LogP contribution in [0.15, 0.2) is 36.4 Å². The Morgan fingerprint density at radius 2 is 0.649 bits per heavy atom. The summed E-state index contributed by atoms with van der Waals surface area (Å²) in [5.41, 5.74) is 9.80. The largest absolute Gasteiger partial charge is 0.0601 e. The van der Waals surface area contributed by atoms with Gasteiger partial charge in [0.05, 0.1) is 0 Å². The minimum absolute atomic E-state index is 0.121. The smallest absolute Gasteiger partial charge is 0.00254 e. The summed E-state index contributed by atoms with van der Waals surface area (Å²) >= 11 is 0. The highest BCUT2D eigenvalue weighted by Crippen LogP contribution is 2.40. The molecule has 0 radical (unpaired) electrons. The highest BCUT2D eigenvalue weighted by atomic mass is 14.4. The fourth-order valence-electron chi connectivity index (χ4n) is 6.33. The minimum atomic E-state index is 0.121. The molecule has 0 aliphatic rings. The lowest BCUT2D eigenvalue weighted by atomic mass is 9.70. The zero-order valence-corrected chi connectivity index (χ0v) is 27.6. The summed E-state index contributed by atoms with van der Waals surface area (Å²) in [7, 11) is 0. The summed E-state index contributed by atoms with van der Waals surface area (Å²) < 4.78 is 0. The van der Waals surface area contributed by atoms with Crippen LogP contribution >= 0.6 is 0 Å². The van der Waals surface area contributed by atoms with Crippen molar-refractivity contribution in [1.82, 2.24) is 0 Å². The van der Waals surface area contributed by atoms with Crippen LogP contribution in [0.25, 0.3) is 0 Å². The van der Waals surface area contributed by atoms with Gasteiger partial charge in [-0.25, -0.2) is 0 Å². The third kappa shape index (κ3) is 9.30. The van der Waals surface area contributed by atoms with Crippen LogP contribution in [0.2, 0.25) is 0 Å². The maximum Gasteiger partial charge on any atom is -0.00254 e. The predicted octanol–water partition coefficient (Wildman–Crippen LogP) is 11.3. The average molecular weight is 505 g/mol. The van der Waals surface area contributed by atoms with E-state index < -0.39 is 0 Å². The molecule has 2 aromatic carbocycles. The molecule has 0 heteroatoms. The second kappa shape index (κ2) is 10.2. The summed E-state index contributed by atoms with van der Waals surface area (Å²) in [5, 5.41) is 0. The Hall–Kier alpha value is -1.56. The van der Waals surface area contributed by atoms with Gasteiger partial charge in [0.15, 0.2) is 0 Å². The fourth-order valence-corrected chi connectivity index (χ4v) is 6.33. The zero-order valence-electron chi connectivity index (χ0n) is 27.6. The molecule has 2 aromatic rings. The first kappa shape index (κ1) is 31.7. The van der Waals surface area contributed by atoms with E-state index in [-0.39, 0.29) is 32.5 Å². The first-order valence-electron chi connectivity index (χ1n) is 14.6. The molecule has 0 saturated carbocycles. The first-order valence-corrected chi connectivity index (χ1v) is 14.6. The molecule has 0 saturated heterocycles. The number of benzene rings is 2. The molecule has 0 N–H and O–H groups in total. The molecule has 0 atom stereocenters. The van der Waals surface area contributed by atoms with E-state index in [1.165, 1.54) is 33.4 Å². The Morgan fingerprint density at radius 1 is 0.378 bits per heavy atom. The Balaban J connectivity index is 2.67. The number of rotatable bonds is 6. The third-order valence-electron chi connectivity index (χ3n) is 7.63. The van der Waals surface area contributed by atoms with E-state index in [0.29, 0.717) is 0 Å². The SMILES string of the molecule is CC(C)(C)CC(C)(C)c1cc(Cc2cc(C(C)(C)C)cc(C(C)(C)CC(C)(C)C)c2)cc(C(C)(C)C)c1. The molecule has 2 rings (SSSR count). The van der Waals surface area contributed by atoms with Crippen molar-refractivity contribution in [3.8, 4) is 0 Å². The van der Waals surface area contributed by atoms with Crippen LogP contribution in [0.4, 0.5) is 0 Å². The maximum atomic E-state index is 2.50. The van der Waals surface area contributed by atoms with Crippen LogP contribution in [-0.4, -0.2) is 0 Å². The molecule has 0 unspecified atom stereocenters. The monoisotopic (exact) mass is 504 g/mol. The molecule has 37 heavy (non-hydrogen) atoms. The molecule has 208 valence electrons. The molecule has 0 nitrogen and oxygen atoms in total. The molecule has 0 aliphatic carbocycles. The average Bonchev–Trinajstić information content (AvgIpc) is 2.62. The summed E-state index contributed by atoms with van der Waals surface area (Å²) in [5.74, 6) is 0. The molecular weight excluding hydrogens is 444 g/mol. The third-order valence-corrected chi connectivity index (χ3v) is 7.63. The Bertz CT molecular complexity index is 975. The van der Waals surface area contributed by atoms with Crippen LogP contribution in [-0.2, 0) is 28.1 Å². The van der Waals surface area contributed by atoms with E-state index in [9.17, 15) is 0 Å². The fraction of sp³-hybridized carbons (Fsp3) is 0.676. The summed E-state index contributed by atoms with van der Waals surface area (Å²) in [6.45, 7) is 38.0. The highest BCUT2D eigenvalue weighted by molar-refractivity contribution is 5.43. The van der Waals surface area contributed by atoms with Gasteiger partial charge in [-0.05, 0) is 85.1 Å². The van der Waals surface area contributed by atoms with E-state index in [4.69, 9.17) is 0 Å². The van der Waals surface area contributed by atoms with Crippen LogP contribution in [0.5, 0.6) is 0 Å². The molecule has 0 fully saturated rings. The molecule has 0 aromatic heterocycles. The van der Waals surface area contributed by atoms with Crippen molar-refractivity contribution in [3.05, 3.63) is 69.8 Å². The van der Waals surface area contributed by atoms with Crippen molar-refractivity contribution in [2.24, 2.45) is 10.8 Å². The highest BCUT2D eigenvalue weighted by Gasteiger charge is 2.31.